The van der Waals surface area contributed by atoms with Crippen LogP contribution in [-0.2, 0) is 14.3 Å². The van der Waals surface area contributed by atoms with Gasteiger partial charge in [0.05, 0.1) is 18.5 Å². The molecule has 0 atom stereocenters. The first-order chi connectivity index (χ1) is 14.5. The number of carbonyl (C=O) groups is 3. The van der Waals surface area contributed by atoms with E-state index in [1.165, 1.54) is 6.20 Å². The maximum absolute atomic E-state index is 12.8. The Bertz CT molecular complexity index is 704. The summed E-state index contributed by atoms with van der Waals surface area (Å²) in [5.41, 5.74) is 0.989. The molecule has 0 aromatic carbocycles. The summed E-state index contributed by atoms with van der Waals surface area (Å²) in [6.45, 7) is 6.97. The summed E-state index contributed by atoms with van der Waals surface area (Å²) in [6, 6.07) is 0. The highest BCUT2D eigenvalue weighted by Crippen LogP contribution is 2.09. The highest BCUT2D eigenvalue weighted by Gasteiger charge is 2.26. The second-order valence-electron chi connectivity index (χ2n) is 7.00. The van der Waals surface area contributed by atoms with E-state index in [0.717, 1.165) is 5.69 Å². The van der Waals surface area contributed by atoms with Crippen molar-refractivity contribution < 1.29 is 23.9 Å². The lowest BCUT2D eigenvalue weighted by Gasteiger charge is -2.34. The van der Waals surface area contributed by atoms with E-state index in [2.05, 4.69) is 9.97 Å². The van der Waals surface area contributed by atoms with Gasteiger partial charge in [-0.25, -0.2) is 9.78 Å². The zero-order valence-corrected chi connectivity index (χ0v) is 18.0. The molecule has 1 fully saturated rings. The number of amides is 3. The van der Waals surface area contributed by atoms with E-state index >= 15 is 0 Å². The van der Waals surface area contributed by atoms with Crippen molar-refractivity contribution in [1.82, 2.24) is 24.7 Å². The average Bonchev–Trinajstić information content (AvgIpc) is 2.76. The monoisotopic (exact) mass is 421 g/mol. The smallest absolute Gasteiger partial charge is 0.409 e. The number of hydrogen-bond acceptors (Lipinski definition) is 7. The van der Waals surface area contributed by atoms with E-state index in [4.69, 9.17) is 9.47 Å². The topological polar surface area (TPSA) is 105 Å². The minimum absolute atomic E-state index is 0.0435. The predicted octanol–water partition coefficient (Wildman–Crippen LogP) is 0.955. The quantitative estimate of drug-likeness (QED) is 0.547. The number of rotatable bonds is 9. The first kappa shape index (κ1) is 23.5. The molecule has 0 radical (unpaired) electrons. The molecule has 1 aromatic rings. The Labute approximate surface area is 177 Å². The largest absolute Gasteiger partial charge is 0.450 e. The average molecular weight is 421 g/mol. The van der Waals surface area contributed by atoms with Crippen molar-refractivity contribution in [2.75, 3.05) is 59.6 Å². The normalized spacial score (nSPS) is 13.8. The Hall–Kier alpha value is -2.75. The third kappa shape index (κ3) is 6.94. The summed E-state index contributed by atoms with van der Waals surface area (Å²) in [7, 11) is 1.61. The van der Waals surface area contributed by atoms with Crippen molar-refractivity contribution in [3.05, 3.63) is 23.8 Å². The van der Waals surface area contributed by atoms with Crippen molar-refractivity contribution >= 4 is 17.9 Å². The van der Waals surface area contributed by atoms with Gasteiger partial charge >= 0.3 is 6.09 Å². The number of piperazine rings is 1. The highest BCUT2D eigenvalue weighted by atomic mass is 16.6. The summed E-state index contributed by atoms with van der Waals surface area (Å²) in [5, 5.41) is 0. The molecule has 2 heterocycles. The van der Waals surface area contributed by atoms with Crippen LogP contribution in [0.25, 0.3) is 0 Å². The van der Waals surface area contributed by atoms with Crippen LogP contribution in [0.2, 0.25) is 0 Å². The maximum Gasteiger partial charge on any atom is 0.409 e. The lowest BCUT2D eigenvalue weighted by molar-refractivity contribution is -0.133. The molecule has 1 aliphatic rings. The van der Waals surface area contributed by atoms with Crippen LogP contribution in [0.5, 0.6) is 0 Å². The maximum atomic E-state index is 12.8. The lowest BCUT2D eigenvalue weighted by atomic mass is 10.2. The fourth-order valence-electron chi connectivity index (χ4n) is 3.12. The van der Waals surface area contributed by atoms with Crippen LogP contribution in [0, 0.1) is 6.92 Å². The minimum Gasteiger partial charge on any atom is -0.450 e. The third-order valence-corrected chi connectivity index (χ3v) is 4.82. The molecule has 0 unspecified atom stereocenters. The molecular weight excluding hydrogens is 390 g/mol. The van der Waals surface area contributed by atoms with Gasteiger partial charge in [-0.1, -0.05) is 0 Å². The Morgan fingerprint density at radius 3 is 2.37 bits per heavy atom. The van der Waals surface area contributed by atoms with Crippen molar-refractivity contribution in [1.29, 1.82) is 0 Å². The van der Waals surface area contributed by atoms with Crippen LogP contribution in [-0.4, -0.2) is 102 Å². The number of hydrogen-bond donors (Lipinski definition) is 0. The number of nitrogens with zero attached hydrogens (tertiary/aromatic N) is 5. The Morgan fingerprint density at radius 1 is 1.07 bits per heavy atom. The van der Waals surface area contributed by atoms with Crippen LogP contribution >= 0.6 is 0 Å². The van der Waals surface area contributed by atoms with Gasteiger partial charge in [0.25, 0.3) is 5.91 Å². The van der Waals surface area contributed by atoms with Crippen molar-refractivity contribution in [3.8, 4) is 0 Å². The standard InChI is InChI=1S/C20H31N5O5/c1-4-30-20(28)25-11-9-23(10-12-25)18(26)6-8-24(7-5-13-29-3)19(27)17-15-21-16(2)14-22-17/h14-15H,4-13H2,1-3H3. The summed E-state index contributed by atoms with van der Waals surface area (Å²) in [6.07, 6.45) is 3.52. The van der Waals surface area contributed by atoms with Crippen LogP contribution in [0.1, 0.15) is 35.9 Å². The molecule has 0 bridgehead atoms. The van der Waals surface area contributed by atoms with Crippen molar-refractivity contribution in [2.24, 2.45) is 0 Å². The summed E-state index contributed by atoms with van der Waals surface area (Å²) in [4.78, 5) is 50.5. The van der Waals surface area contributed by atoms with Gasteiger partial charge in [0.1, 0.15) is 5.69 Å². The molecule has 0 spiro atoms. The third-order valence-electron chi connectivity index (χ3n) is 4.82. The molecule has 0 aliphatic carbocycles. The van der Waals surface area contributed by atoms with E-state index in [1.54, 1.807) is 41.9 Å². The summed E-state index contributed by atoms with van der Waals surface area (Å²) >= 11 is 0. The van der Waals surface area contributed by atoms with Gasteiger partial charge in [0.15, 0.2) is 0 Å². The first-order valence-electron chi connectivity index (χ1n) is 10.2. The van der Waals surface area contributed by atoms with Gasteiger partial charge in [-0.3, -0.25) is 14.6 Å². The molecule has 0 saturated carbocycles. The van der Waals surface area contributed by atoms with E-state index in [9.17, 15) is 14.4 Å². The van der Waals surface area contributed by atoms with Crippen LogP contribution in [0.4, 0.5) is 4.79 Å². The van der Waals surface area contributed by atoms with Crippen molar-refractivity contribution in [2.45, 2.75) is 26.7 Å². The molecular formula is C20H31N5O5. The van der Waals surface area contributed by atoms with Crippen LogP contribution in [0.15, 0.2) is 12.4 Å². The predicted molar refractivity (Wildman–Crippen MR) is 109 cm³/mol. The molecule has 0 N–H and O–H groups in total. The van der Waals surface area contributed by atoms with Crippen LogP contribution < -0.4 is 0 Å². The van der Waals surface area contributed by atoms with Gasteiger partial charge in [-0.05, 0) is 20.3 Å². The second kappa shape index (κ2) is 12.1. The van der Waals surface area contributed by atoms with Gasteiger partial charge < -0.3 is 24.2 Å². The zero-order chi connectivity index (χ0) is 21.9. The number of methoxy groups -OCH3 is 1. The fraction of sp³-hybridized carbons (Fsp3) is 0.650. The molecule has 10 nitrogen and oxygen atoms in total. The number of aryl methyl sites for hydroxylation is 1. The molecule has 30 heavy (non-hydrogen) atoms. The van der Waals surface area contributed by atoms with E-state index in [-0.39, 0.29) is 36.6 Å². The molecule has 2 rings (SSSR count). The zero-order valence-electron chi connectivity index (χ0n) is 18.0. The fourth-order valence-corrected chi connectivity index (χ4v) is 3.12. The number of aromatic nitrogens is 2. The highest BCUT2D eigenvalue weighted by molar-refractivity contribution is 5.92. The Kier molecular flexibility index (Phi) is 9.46. The molecule has 1 saturated heterocycles. The molecule has 3 amide bonds. The SMILES string of the molecule is CCOC(=O)N1CCN(C(=O)CCN(CCCOC)C(=O)c2cnc(C)cn2)CC1. The van der Waals surface area contributed by atoms with Gasteiger partial charge in [-0.2, -0.15) is 0 Å². The summed E-state index contributed by atoms with van der Waals surface area (Å²) < 4.78 is 10.1. The molecule has 1 aromatic heterocycles. The van der Waals surface area contributed by atoms with Gasteiger partial charge in [-0.15, -0.1) is 0 Å². The van der Waals surface area contributed by atoms with Crippen molar-refractivity contribution in [3.63, 3.8) is 0 Å². The van der Waals surface area contributed by atoms with Gasteiger partial charge in [0.2, 0.25) is 5.91 Å². The summed E-state index contributed by atoms with van der Waals surface area (Å²) in [5.74, 6) is -0.295. The number of ether oxygens (including phenoxy) is 2. The molecule has 10 heteroatoms. The minimum atomic E-state index is -0.348. The second-order valence-corrected chi connectivity index (χ2v) is 7.00. The molecule has 1 aliphatic heterocycles. The van der Waals surface area contributed by atoms with E-state index in [0.29, 0.717) is 52.4 Å². The van der Waals surface area contributed by atoms with Crippen LogP contribution in [0.3, 0.4) is 0 Å². The number of carbonyl (C=O) groups excluding carboxylic acids is 3. The molecule has 166 valence electrons. The van der Waals surface area contributed by atoms with E-state index < -0.39 is 0 Å². The Morgan fingerprint density at radius 2 is 1.77 bits per heavy atom. The van der Waals surface area contributed by atoms with Gasteiger partial charge in [0, 0.05) is 65.6 Å². The first-order valence-corrected chi connectivity index (χ1v) is 10.2. The van der Waals surface area contributed by atoms with E-state index in [1.807, 2.05) is 0 Å². The lowest BCUT2D eigenvalue weighted by Crippen LogP contribution is -2.51. The Balaban J connectivity index is 1.89.